The zero-order valence-electron chi connectivity index (χ0n) is 19.7. The van der Waals surface area contributed by atoms with Gasteiger partial charge < -0.3 is 9.47 Å². The lowest BCUT2D eigenvalue weighted by Gasteiger charge is -2.19. The van der Waals surface area contributed by atoms with E-state index in [1.54, 1.807) is 12.1 Å². The van der Waals surface area contributed by atoms with Crippen LogP contribution >= 0.6 is 0 Å². The number of halogens is 1. The molecule has 170 valence electrons. The van der Waals surface area contributed by atoms with Crippen molar-refractivity contribution in [1.29, 1.82) is 0 Å². The van der Waals surface area contributed by atoms with Gasteiger partial charge in [-0.15, -0.1) is 0 Å². The molecule has 3 rings (SSSR count). The Balaban J connectivity index is 1.62. The van der Waals surface area contributed by atoms with E-state index in [9.17, 15) is 4.39 Å². The van der Waals surface area contributed by atoms with Gasteiger partial charge in [0.25, 0.3) is 0 Å². The first-order valence-corrected chi connectivity index (χ1v) is 11.7. The molecule has 3 aromatic carbocycles. The monoisotopic (exact) mass is 434 g/mol. The molecule has 3 heteroatoms. The summed E-state index contributed by atoms with van der Waals surface area (Å²) in [5, 5.41) is 0. The van der Waals surface area contributed by atoms with Crippen molar-refractivity contribution in [3.05, 3.63) is 95.3 Å². The van der Waals surface area contributed by atoms with E-state index in [1.165, 1.54) is 11.1 Å². The fourth-order valence-corrected chi connectivity index (χ4v) is 3.96. The van der Waals surface area contributed by atoms with Gasteiger partial charge in [-0.3, -0.25) is 0 Å². The molecule has 1 unspecified atom stereocenters. The Bertz CT molecular complexity index is 928. The molecule has 0 saturated carbocycles. The highest BCUT2D eigenvalue weighted by molar-refractivity contribution is 5.36. The van der Waals surface area contributed by atoms with Gasteiger partial charge in [-0.1, -0.05) is 42.8 Å². The standard InChI is InChI=1S/C29H35FO2/c1-21(2)31-27-17-9-23(10-18-27)7-5-6-8-29(24-11-15-26(30)16-12-24)25-13-19-28(20-14-25)32-22(3)4/h9-22,29H,5-8H2,1-4H3. The maximum atomic E-state index is 13.5. The van der Waals surface area contributed by atoms with Crippen LogP contribution in [0.25, 0.3) is 0 Å². The van der Waals surface area contributed by atoms with Crippen molar-refractivity contribution in [3.8, 4) is 11.5 Å². The number of rotatable bonds is 11. The van der Waals surface area contributed by atoms with Crippen LogP contribution in [0.1, 0.15) is 69.6 Å². The molecule has 0 amide bonds. The van der Waals surface area contributed by atoms with Gasteiger partial charge in [0, 0.05) is 5.92 Å². The van der Waals surface area contributed by atoms with E-state index >= 15 is 0 Å². The summed E-state index contributed by atoms with van der Waals surface area (Å²) in [4.78, 5) is 0. The Morgan fingerprint density at radius 2 is 1.09 bits per heavy atom. The molecule has 0 aliphatic heterocycles. The zero-order valence-corrected chi connectivity index (χ0v) is 19.7. The maximum absolute atomic E-state index is 13.5. The lowest BCUT2D eigenvalue weighted by atomic mass is 9.86. The summed E-state index contributed by atoms with van der Waals surface area (Å²) in [6.45, 7) is 8.13. The molecule has 0 heterocycles. The molecule has 0 radical (unpaired) electrons. The summed E-state index contributed by atoms with van der Waals surface area (Å²) in [6.07, 6.45) is 4.60. The zero-order chi connectivity index (χ0) is 22.9. The van der Waals surface area contributed by atoms with Crippen molar-refractivity contribution >= 4 is 0 Å². The third kappa shape index (κ3) is 7.40. The Labute approximate surface area is 192 Å². The Hall–Kier alpha value is -2.81. The number of hydrogen-bond donors (Lipinski definition) is 0. The van der Waals surface area contributed by atoms with E-state index in [4.69, 9.17) is 9.47 Å². The van der Waals surface area contributed by atoms with Crippen LogP contribution in [0.5, 0.6) is 11.5 Å². The van der Waals surface area contributed by atoms with Crippen molar-refractivity contribution in [1.82, 2.24) is 0 Å². The van der Waals surface area contributed by atoms with Crippen LogP contribution in [0.15, 0.2) is 72.8 Å². The minimum atomic E-state index is -0.196. The summed E-state index contributed by atoms with van der Waals surface area (Å²) in [7, 11) is 0. The number of benzene rings is 3. The van der Waals surface area contributed by atoms with Crippen LogP contribution in [0.2, 0.25) is 0 Å². The van der Waals surface area contributed by atoms with Gasteiger partial charge in [-0.25, -0.2) is 4.39 Å². The molecule has 0 aliphatic carbocycles. The first-order valence-electron chi connectivity index (χ1n) is 11.7. The van der Waals surface area contributed by atoms with E-state index in [1.807, 2.05) is 52.0 Å². The molecular weight excluding hydrogens is 399 g/mol. The van der Waals surface area contributed by atoms with Crippen LogP contribution < -0.4 is 9.47 Å². The van der Waals surface area contributed by atoms with Crippen LogP contribution in [0, 0.1) is 5.82 Å². The third-order valence-corrected chi connectivity index (χ3v) is 5.43. The molecule has 0 N–H and O–H groups in total. The molecule has 0 saturated heterocycles. The molecule has 0 aliphatic rings. The van der Waals surface area contributed by atoms with Crippen molar-refractivity contribution in [2.24, 2.45) is 0 Å². The molecule has 0 fully saturated rings. The molecule has 32 heavy (non-hydrogen) atoms. The van der Waals surface area contributed by atoms with E-state index < -0.39 is 0 Å². The first-order chi connectivity index (χ1) is 15.4. The lowest BCUT2D eigenvalue weighted by molar-refractivity contribution is 0.242. The van der Waals surface area contributed by atoms with Gasteiger partial charge >= 0.3 is 0 Å². The number of hydrogen-bond acceptors (Lipinski definition) is 2. The second kappa shape index (κ2) is 11.7. The molecule has 2 nitrogen and oxygen atoms in total. The summed E-state index contributed by atoms with van der Waals surface area (Å²) in [5.41, 5.74) is 3.72. The molecule has 1 atom stereocenters. The van der Waals surface area contributed by atoms with Gasteiger partial charge in [0.1, 0.15) is 17.3 Å². The quantitative estimate of drug-likeness (QED) is 0.285. The second-order valence-electron chi connectivity index (χ2n) is 8.90. The second-order valence-corrected chi connectivity index (χ2v) is 8.90. The first kappa shape index (κ1) is 23.8. The summed E-state index contributed by atoms with van der Waals surface area (Å²) in [5.74, 6) is 1.85. The maximum Gasteiger partial charge on any atom is 0.123 e. The number of ether oxygens (including phenoxy) is 2. The van der Waals surface area contributed by atoms with Crippen LogP contribution in [0.4, 0.5) is 4.39 Å². The van der Waals surface area contributed by atoms with Crippen LogP contribution in [0.3, 0.4) is 0 Å². The van der Waals surface area contributed by atoms with Gasteiger partial charge in [0.2, 0.25) is 0 Å². The predicted molar refractivity (Wildman–Crippen MR) is 130 cm³/mol. The Morgan fingerprint density at radius 3 is 1.59 bits per heavy atom. The highest BCUT2D eigenvalue weighted by atomic mass is 19.1. The fourth-order valence-electron chi connectivity index (χ4n) is 3.96. The van der Waals surface area contributed by atoms with Gasteiger partial charge in [-0.05, 0) is 100 Å². The molecule has 0 spiro atoms. The average Bonchev–Trinajstić information content (AvgIpc) is 2.76. The topological polar surface area (TPSA) is 18.5 Å². The summed E-state index contributed by atoms with van der Waals surface area (Å²) < 4.78 is 25.0. The molecule has 0 bridgehead atoms. The largest absolute Gasteiger partial charge is 0.491 e. The highest BCUT2D eigenvalue weighted by Gasteiger charge is 2.15. The summed E-state index contributed by atoms with van der Waals surface area (Å²) in [6, 6.07) is 23.7. The minimum Gasteiger partial charge on any atom is -0.491 e. The minimum absolute atomic E-state index is 0.153. The third-order valence-electron chi connectivity index (χ3n) is 5.43. The average molecular weight is 435 g/mol. The van der Waals surface area contributed by atoms with Gasteiger partial charge in [0.05, 0.1) is 12.2 Å². The van der Waals surface area contributed by atoms with Crippen molar-refractivity contribution < 1.29 is 13.9 Å². The number of aryl methyl sites for hydroxylation is 1. The fraction of sp³-hybridized carbons (Fsp3) is 0.379. The Morgan fingerprint density at radius 1 is 0.625 bits per heavy atom. The molecule has 3 aromatic rings. The van der Waals surface area contributed by atoms with Crippen molar-refractivity contribution in [3.63, 3.8) is 0 Å². The van der Waals surface area contributed by atoms with Gasteiger partial charge in [-0.2, -0.15) is 0 Å². The van der Waals surface area contributed by atoms with E-state index in [2.05, 4.69) is 36.4 Å². The predicted octanol–water partition coefficient (Wildman–Crippen LogP) is 7.95. The van der Waals surface area contributed by atoms with E-state index in [-0.39, 0.29) is 23.9 Å². The van der Waals surface area contributed by atoms with Gasteiger partial charge in [0.15, 0.2) is 0 Å². The Kier molecular flexibility index (Phi) is 8.72. The smallest absolute Gasteiger partial charge is 0.123 e. The summed E-state index contributed by atoms with van der Waals surface area (Å²) >= 11 is 0. The lowest BCUT2D eigenvalue weighted by Crippen LogP contribution is -2.06. The van der Waals surface area contributed by atoms with E-state index in [0.29, 0.717) is 0 Å². The highest BCUT2D eigenvalue weighted by Crippen LogP contribution is 2.31. The van der Waals surface area contributed by atoms with Crippen molar-refractivity contribution in [2.45, 2.75) is 71.5 Å². The normalized spacial score (nSPS) is 12.2. The molecular formula is C29H35FO2. The SMILES string of the molecule is CC(C)Oc1ccc(CCCCC(c2ccc(F)cc2)c2ccc(OC(C)C)cc2)cc1. The van der Waals surface area contributed by atoms with Crippen molar-refractivity contribution in [2.75, 3.05) is 0 Å². The van der Waals surface area contributed by atoms with Crippen LogP contribution in [-0.2, 0) is 6.42 Å². The van der Waals surface area contributed by atoms with E-state index in [0.717, 1.165) is 42.7 Å². The van der Waals surface area contributed by atoms with Crippen LogP contribution in [-0.4, -0.2) is 12.2 Å². The number of unbranched alkanes of at least 4 members (excludes halogenated alkanes) is 1. The molecule has 0 aromatic heterocycles.